The van der Waals surface area contributed by atoms with Crippen molar-refractivity contribution in [1.82, 2.24) is 10.3 Å². The van der Waals surface area contributed by atoms with E-state index in [2.05, 4.69) is 29.4 Å². The molecule has 0 saturated carbocycles. The summed E-state index contributed by atoms with van der Waals surface area (Å²) in [6.07, 6.45) is 0. The molecule has 108 valence electrons. The molecule has 0 amide bonds. The van der Waals surface area contributed by atoms with Crippen molar-refractivity contribution < 1.29 is 0 Å². The molecule has 1 aromatic heterocycles. The Bertz CT molecular complexity index is 722. The Morgan fingerprint density at radius 2 is 2.10 bits per heavy atom. The van der Waals surface area contributed by atoms with E-state index in [1.807, 2.05) is 30.3 Å². The van der Waals surface area contributed by atoms with E-state index in [4.69, 9.17) is 11.6 Å². The third-order valence-electron chi connectivity index (χ3n) is 3.07. The first-order valence-corrected chi connectivity index (χ1v) is 8.80. The Morgan fingerprint density at radius 3 is 2.90 bits per heavy atom. The smallest absolute Gasteiger partial charge is 0.155 e. The second-order valence-electron chi connectivity index (χ2n) is 4.58. The molecule has 3 aromatic rings. The van der Waals surface area contributed by atoms with E-state index in [1.54, 1.807) is 23.1 Å². The Balaban J connectivity index is 1.90. The zero-order chi connectivity index (χ0) is 14.7. The highest BCUT2D eigenvalue weighted by Crippen LogP contribution is 2.37. The largest absolute Gasteiger partial charge is 0.313 e. The molecule has 5 heteroatoms. The van der Waals surface area contributed by atoms with Crippen molar-refractivity contribution in [2.24, 2.45) is 0 Å². The average Bonchev–Trinajstić information content (AvgIpc) is 2.88. The summed E-state index contributed by atoms with van der Waals surface area (Å²) in [5.74, 6) is 0. The van der Waals surface area contributed by atoms with E-state index >= 15 is 0 Å². The predicted octanol–water partition coefficient (Wildman–Crippen LogP) is 5.21. The van der Waals surface area contributed by atoms with Crippen LogP contribution in [0.3, 0.4) is 0 Å². The minimum absolute atomic E-state index is 0.763. The summed E-state index contributed by atoms with van der Waals surface area (Å²) in [5, 5.41) is 4.13. The summed E-state index contributed by atoms with van der Waals surface area (Å²) < 4.78 is 2.27. The number of benzene rings is 2. The van der Waals surface area contributed by atoms with Gasteiger partial charge in [-0.25, -0.2) is 4.98 Å². The van der Waals surface area contributed by atoms with Crippen molar-refractivity contribution in [2.45, 2.75) is 22.7 Å². The van der Waals surface area contributed by atoms with Gasteiger partial charge in [-0.15, -0.1) is 11.3 Å². The molecule has 0 fully saturated rings. The number of para-hydroxylation sites is 1. The van der Waals surface area contributed by atoms with Gasteiger partial charge >= 0.3 is 0 Å². The first kappa shape index (κ1) is 14.9. The summed E-state index contributed by atoms with van der Waals surface area (Å²) in [4.78, 5) is 5.85. The lowest BCUT2D eigenvalue weighted by molar-refractivity contribution is 0.718. The highest BCUT2D eigenvalue weighted by atomic mass is 35.5. The van der Waals surface area contributed by atoms with Crippen LogP contribution in [0.4, 0.5) is 0 Å². The van der Waals surface area contributed by atoms with Crippen molar-refractivity contribution in [3.63, 3.8) is 0 Å². The molecule has 21 heavy (non-hydrogen) atoms. The zero-order valence-corrected chi connectivity index (χ0v) is 14.0. The molecule has 0 aliphatic carbocycles. The van der Waals surface area contributed by atoms with Crippen molar-refractivity contribution in [1.29, 1.82) is 0 Å². The molecule has 0 spiro atoms. The SMILES string of the molecule is CCNCc1ccc(Cl)cc1Sc1nc2ccccc2s1. The Morgan fingerprint density at radius 1 is 1.24 bits per heavy atom. The lowest BCUT2D eigenvalue weighted by atomic mass is 10.2. The second kappa shape index (κ2) is 6.79. The summed E-state index contributed by atoms with van der Waals surface area (Å²) in [6, 6.07) is 14.3. The van der Waals surface area contributed by atoms with E-state index in [1.165, 1.54) is 15.2 Å². The van der Waals surface area contributed by atoms with Gasteiger partial charge < -0.3 is 5.32 Å². The van der Waals surface area contributed by atoms with Crippen LogP contribution in [0.1, 0.15) is 12.5 Å². The van der Waals surface area contributed by atoms with Crippen LogP contribution in [-0.4, -0.2) is 11.5 Å². The molecule has 0 unspecified atom stereocenters. The van der Waals surface area contributed by atoms with Crippen molar-refractivity contribution in [3.05, 3.63) is 53.1 Å². The van der Waals surface area contributed by atoms with Crippen molar-refractivity contribution in [3.8, 4) is 0 Å². The van der Waals surface area contributed by atoms with Gasteiger partial charge in [0.25, 0.3) is 0 Å². The maximum Gasteiger partial charge on any atom is 0.155 e. The molecular formula is C16H15ClN2S2. The topological polar surface area (TPSA) is 24.9 Å². The average molecular weight is 335 g/mol. The van der Waals surface area contributed by atoms with E-state index in [-0.39, 0.29) is 0 Å². The molecule has 1 N–H and O–H groups in total. The molecule has 0 bridgehead atoms. The Hall–Kier alpha value is -1.07. The molecule has 2 nitrogen and oxygen atoms in total. The van der Waals surface area contributed by atoms with Gasteiger partial charge in [-0.3, -0.25) is 0 Å². The Labute approximate surface area is 137 Å². The fraction of sp³-hybridized carbons (Fsp3) is 0.188. The summed E-state index contributed by atoms with van der Waals surface area (Å²) in [7, 11) is 0. The van der Waals surface area contributed by atoms with Gasteiger partial charge in [-0.2, -0.15) is 0 Å². The maximum absolute atomic E-state index is 6.15. The minimum atomic E-state index is 0.763. The molecule has 2 aromatic carbocycles. The molecule has 0 atom stereocenters. The predicted molar refractivity (Wildman–Crippen MR) is 92.6 cm³/mol. The van der Waals surface area contributed by atoms with Gasteiger partial charge in [0.2, 0.25) is 0 Å². The second-order valence-corrected chi connectivity index (χ2v) is 7.34. The number of rotatable bonds is 5. The molecule has 1 heterocycles. The van der Waals surface area contributed by atoms with E-state index < -0.39 is 0 Å². The first-order valence-electron chi connectivity index (χ1n) is 6.79. The molecule has 0 aliphatic rings. The fourth-order valence-electron chi connectivity index (χ4n) is 2.02. The molecule has 0 aliphatic heterocycles. The first-order chi connectivity index (χ1) is 10.3. The quantitative estimate of drug-likeness (QED) is 0.693. The number of nitrogens with zero attached hydrogens (tertiary/aromatic N) is 1. The van der Waals surface area contributed by atoms with Gasteiger partial charge in [0.15, 0.2) is 4.34 Å². The molecule has 3 rings (SSSR count). The van der Waals surface area contributed by atoms with Gasteiger partial charge in [0, 0.05) is 16.5 Å². The van der Waals surface area contributed by atoms with Crippen LogP contribution in [-0.2, 0) is 6.54 Å². The third kappa shape index (κ3) is 3.58. The molecular weight excluding hydrogens is 320 g/mol. The van der Waals surface area contributed by atoms with Crippen LogP contribution in [0.2, 0.25) is 5.02 Å². The number of thiazole rings is 1. The number of hydrogen-bond acceptors (Lipinski definition) is 4. The van der Waals surface area contributed by atoms with E-state index in [0.29, 0.717) is 0 Å². The van der Waals surface area contributed by atoms with Gasteiger partial charge in [0.05, 0.1) is 10.2 Å². The number of nitrogens with one attached hydrogen (secondary N) is 1. The highest BCUT2D eigenvalue weighted by molar-refractivity contribution is 8.01. The van der Waals surface area contributed by atoms with Crippen molar-refractivity contribution in [2.75, 3.05) is 6.54 Å². The van der Waals surface area contributed by atoms with Crippen LogP contribution in [0.25, 0.3) is 10.2 Å². The maximum atomic E-state index is 6.15. The van der Waals surface area contributed by atoms with Gasteiger partial charge in [-0.05, 0) is 36.4 Å². The third-order valence-corrected chi connectivity index (χ3v) is 5.50. The van der Waals surface area contributed by atoms with Gasteiger partial charge in [0.1, 0.15) is 0 Å². The number of halogens is 1. The Kier molecular flexibility index (Phi) is 4.80. The van der Waals surface area contributed by atoms with Crippen LogP contribution in [0.15, 0.2) is 51.7 Å². The van der Waals surface area contributed by atoms with Crippen molar-refractivity contribution >= 4 is 44.9 Å². The summed E-state index contributed by atoms with van der Waals surface area (Å²) in [6.45, 7) is 3.91. The van der Waals surface area contributed by atoms with E-state index in [0.717, 1.165) is 28.0 Å². The monoisotopic (exact) mass is 334 g/mol. The van der Waals surface area contributed by atoms with E-state index in [9.17, 15) is 0 Å². The minimum Gasteiger partial charge on any atom is -0.313 e. The van der Waals surface area contributed by atoms with Crippen LogP contribution in [0.5, 0.6) is 0 Å². The van der Waals surface area contributed by atoms with Crippen LogP contribution >= 0.6 is 34.7 Å². The standard InChI is InChI=1S/C16H15ClN2S2/c1-2-18-10-11-7-8-12(17)9-15(11)21-16-19-13-5-3-4-6-14(13)20-16/h3-9,18H,2,10H2,1H3. The summed E-state index contributed by atoms with van der Waals surface area (Å²) >= 11 is 9.55. The zero-order valence-electron chi connectivity index (χ0n) is 11.6. The van der Waals surface area contributed by atoms with Crippen LogP contribution < -0.4 is 5.32 Å². The highest BCUT2D eigenvalue weighted by Gasteiger charge is 2.09. The number of hydrogen-bond donors (Lipinski definition) is 1. The van der Waals surface area contributed by atoms with Crippen LogP contribution in [0, 0.1) is 0 Å². The molecule has 0 radical (unpaired) electrons. The fourth-order valence-corrected chi connectivity index (χ4v) is 4.45. The normalized spacial score (nSPS) is 11.1. The lowest BCUT2D eigenvalue weighted by Crippen LogP contribution is -2.12. The molecule has 0 saturated heterocycles. The number of aromatic nitrogens is 1. The number of fused-ring (bicyclic) bond motifs is 1. The lowest BCUT2D eigenvalue weighted by Gasteiger charge is -2.08. The van der Waals surface area contributed by atoms with Gasteiger partial charge in [-0.1, -0.05) is 48.5 Å². The summed E-state index contributed by atoms with van der Waals surface area (Å²) in [5.41, 5.74) is 2.31.